The molecule has 0 aromatic carbocycles. The van der Waals surface area contributed by atoms with Gasteiger partial charge in [-0.2, -0.15) is 0 Å². The summed E-state index contributed by atoms with van der Waals surface area (Å²) in [4.78, 5) is 4.19. The molecule has 0 fully saturated rings. The predicted molar refractivity (Wildman–Crippen MR) is 46.7 cm³/mol. The highest BCUT2D eigenvalue weighted by Crippen LogP contribution is 2.21. The summed E-state index contributed by atoms with van der Waals surface area (Å²) in [5.41, 5.74) is 0.957. The molecule has 66 valence electrons. The number of ether oxygens (including phenoxy) is 2. The molecule has 0 bridgehead atoms. The highest BCUT2D eigenvalue weighted by Gasteiger charge is 2.03. The lowest BCUT2D eigenvalue weighted by atomic mass is 10.2. The second-order valence-electron chi connectivity index (χ2n) is 2.38. The number of hydrogen-bond donors (Lipinski definition) is 0. The Morgan fingerprint density at radius 3 is 2.58 bits per heavy atom. The van der Waals surface area contributed by atoms with Crippen molar-refractivity contribution in [2.75, 3.05) is 14.2 Å². The minimum atomic E-state index is 0.726. The molecule has 0 spiro atoms. The first kappa shape index (κ1) is 8.84. The van der Waals surface area contributed by atoms with Crippen LogP contribution >= 0.6 is 0 Å². The number of aryl methyl sites for hydroxylation is 1. The van der Waals surface area contributed by atoms with Gasteiger partial charge >= 0.3 is 0 Å². The summed E-state index contributed by atoms with van der Waals surface area (Å²) in [6.45, 7) is 2.04. The Kier molecular flexibility index (Phi) is 2.91. The molecule has 0 saturated heterocycles. The van der Waals surface area contributed by atoms with Crippen LogP contribution in [0.2, 0.25) is 0 Å². The van der Waals surface area contributed by atoms with E-state index in [-0.39, 0.29) is 0 Å². The van der Waals surface area contributed by atoms with Crippen molar-refractivity contribution in [3.8, 4) is 11.5 Å². The van der Waals surface area contributed by atoms with Crippen LogP contribution in [0.4, 0.5) is 0 Å². The maximum atomic E-state index is 5.14. The van der Waals surface area contributed by atoms with Crippen LogP contribution in [0, 0.1) is 0 Å². The quantitative estimate of drug-likeness (QED) is 0.686. The topological polar surface area (TPSA) is 31.4 Å². The predicted octanol–water partition coefficient (Wildman–Crippen LogP) is 1.66. The zero-order chi connectivity index (χ0) is 8.97. The number of aromatic nitrogens is 1. The fourth-order valence-electron chi connectivity index (χ4n) is 1.01. The van der Waals surface area contributed by atoms with Gasteiger partial charge in [0.2, 0.25) is 0 Å². The van der Waals surface area contributed by atoms with Gasteiger partial charge < -0.3 is 9.47 Å². The van der Waals surface area contributed by atoms with Crippen molar-refractivity contribution in [1.82, 2.24) is 4.98 Å². The third-order valence-corrected chi connectivity index (χ3v) is 1.70. The van der Waals surface area contributed by atoms with Crippen molar-refractivity contribution in [2.24, 2.45) is 0 Å². The minimum Gasteiger partial charge on any atom is -0.495 e. The second kappa shape index (κ2) is 3.95. The van der Waals surface area contributed by atoms with Gasteiger partial charge in [0.1, 0.15) is 11.5 Å². The van der Waals surface area contributed by atoms with Gasteiger partial charge in [-0.05, 0) is 6.42 Å². The van der Waals surface area contributed by atoms with E-state index in [1.54, 1.807) is 20.4 Å². The van der Waals surface area contributed by atoms with Crippen LogP contribution in [0.5, 0.6) is 11.5 Å². The molecule has 0 amide bonds. The molecule has 0 aliphatic carbocycles. The lowest BCUT2D eigenvalue weighted by molar-refractivity contribution is 0.387. The van der Waals surface area contributed by atoms with E-state index in [1.165, 1.54) is 0 Å². The first-order valence-corrected chi connectivity index (χ1v) is 3.88. The number of hydrogen-bond acceptors (Lipinski definition) is 3. The monoisotopic (exact) mass is 167 g/mol. The highest BCUT2D eigenvalue weighted by molar-refractivity contribution is 5.34. The number of rotatable bonds is 3. The van der Waals surface area contributed by atoms with E-state index in [1.807, 2.05) is 13.0 Å². The standard InChI is InChI=1S/C9H13NO2/c1-4-8-9(12-3)5-7(11-2)6-10-8/h5-6H,4H2,1-3H3. The normalized spacial score (nSPS) is 9.58. The van der Waals surface area contributed by atoms with Gasteiger partial charge in [0.15, 0.2) is 0 Å². The Hall–Kier alpha value is -1.25. The van der Waals surface area contributed by atoms with E-state index < -0.39 is 0 Å². The largest absolute Gasteiger partial charge is 0.495 e. The molecular formula is C9H13NO2. The summed E-state index contributed by atoms with van der Waals surface area (Å²) >= 11 is 0. The number of methoxy groups -OCH3 is 2. The van der Waals surface area contributed by atoms with Crippen LogP contribution in [0.3, 0.4) is 0 Å². The molecule has 0 unspecified atom stereocenters. The molecule has 3 nitrogen and oxygen atoms in total. The zero-order valence-electron chi connectivity index (χ0n) is 7.63. The van der Waals surface area contributed by atoms with Gasteiger partial charge in [-0.1, -0.05) is 6.92 Å². The zero-order valence-corrected chi connectivity index (χ0v) is 7.63. The maximum Gasteiger partial charge on any atom is 0.144 e. The van der Waals surface area contributed by atoms with Gasteiger partial charge in [0.25, 0.3) is 0 Å². The molecule has 3 heteroatoms. The first-order chi connectivity index (χ1) is 5.81. The Labute approximate surface area is 72.3 Å². The average molecular weight is 167 g/mol. The summed E-state index contributed by atoms with van der Waals surface area (Å²) in [5.74, 6) is 1.51. The Bertz CT molecular complexity index is 261. The van der Waals surface area contributed by atoms with Crippen LogP contribution < -0.4 is 9.47 Å². The van der Waals surface area contributed by atoms with Gasteiger partial charge in [-0.25, -0.2) is 0 Å². The smallest absolute Gasteiger partial charge is 0.144 e. The molecule has 0 aliphatic heterocycles. The van der Waals surface area contributed by atoms with Crippen molar-refractivity contribution < 1.29 is 9.47 Å². The summed E-state index contributed by atoms with van der Waals surface area (Å²) < 4.78 is 10.1. The fraction of sp³-hybridized carbons (Fsp3) is 0.444. The molecular weight excluding hydrogens is 154 g/mol. The highest BCUT2D eigenvalue weighted by atomic mass is 16.5. The Morgan fingerprint density at radius 1 is 1.33 bits per heavy atom. The van der Waals surface area contributed by atoms with Crippen molar-refractivity contribution in [3.63, 3.8) is 0 Å². The molecule has 0 saturated carbocycles. The van der Waals surface area contributed by atoms with Crippen LogP contribution in [-0.4, -0.2) is 19.2 Å². The van der Waals surface area contributed by atoms with E-state index in [0.717, 1.165) is 23.6 Å². The Balaban J connectivity index is 3.02. The Morgan fingerprint density at radius 2 is 2.08 bits per heavy atom. The van der Waals surface area contributed by atoms with Crippen LogP contribution in [0.15, 0.2) is 12.3 Å². The van der Waals surface area contributed by atoms with Crippen molar-refractivity contribution in [1.29, 1.82) is 0 Å². The molecule has 0 radical (unpaired) electrons. The molecule has 12 heavy (non-hydrogen) atoms. The molecule has 0 aliphatic rings. The third-order valence-electron chi connectivity index (χ3n) is 1.70. The third kappa shape index (κ3) is 1.67. The second-order valence-corrected chi connectivity index (χ2v) is 2.38. The maximum absolute atomic E-state index is 5.14. The molecule has 1 heterocycles. The average Bonchev–Trinajstić information content (AvgIpc) is 2.16. The van der Waals surface area contributed by atoms with Crippen LogP contribution in [-0.2, 0) is 6.42 Å². The van der Waals surface area contributed by atoms with E-state index >= 15 is 0 Å². The van der Waals surface area contributed by atoms with Crippen molar-refractivity contribution in [3.05, 3.63) is 18.0 Å². The molecule has 1 rings (SSSR count). The molecule has 0 N–H and O–H groups in total. The van der Waals surface area contributed by atoms with Crippen molar-refractivity contribution >= 4 is 0 Å². The SMILES string of the molecule is CCc1ncc(OC)cc1OC. The van der Waals surface area contributed by atoms with Gasteiger partial charge in [0, 0.05) is 6.07 Å². The van der Waals surface area contributed by atoms with Gasteiger partial charge in [-0.15, -0.1) is 0 Å². The summed E-state index contributed by atoms with van der Waals surface area (Å²) in [6.07, 6.45) is 2.56. The van der Waals surface area contributed by atoms with Crippen molar-refractivity contribution in [2.45, 2.75) is 13.3 Å². The van der Waals surface area contributed by atoms with E-state index in [0.29, 0.717) is 0 Å². The van der Waals surface area contributed by atoms with Crippen LogP contribution in [0.25, 0.3) is 0 Å². The first-order valence-electron chi connectivity index (χ1n) is 3.88. The molecule has 0 atom stereocenters. The lowest BCUT2D eigenvalue weighted by Gasteiger charge is -2.06. The van der Waals surface area contributed by atoms with E-state index in [2.05, 4.69) is 4.98 Å². The lowest BCUT2D eigenvalue weighted by Crippen LogP contribution is -1.95. The van der Waals surface area contributed by atoms with Gasteiger partial charge in [-0.3, -0.25) is 4.98 Å². The summed E-state index contributed by atoms with van der Waals surface area (Å²) in [7, 11) is 3.25. The minimum absolute atomic E-state index is 0.726. The molecule has 1 aromatic rings. The van der Waals surface area contributed by atoms with E-state index in [4.69, 9.17) is 9.47 Å². The van der Waals surface area contributed by atoms with Crippen LogP contribution in [0.1, 0.15) is 12.6 Å². The van der Waals surface area contributed by atoms with Gasteiger partial charge in [0.05, 0.1) is 26.1 Å². The molecule has 1 aromatic heterocycles. The summed E-state index contributed by atoms with van der Waals surface area (Å²) in [6, 6.07) is 1.84. The number of nitrogens with zero attached hydrogens (tertiary/aromatic N) is 1. The van der Waals surface area contributed by atoms with E-state index in [9.17, 15) is 0 Å². The number of pyridine rings is 1. The summed E-state index contributed by atoms with van der Waals surface area (Å²) in [5, 5.41) is 0. The fourth-order valence-corrected chi connectivity index (χ4v) is 1.01.